The zero-order chi connectivity index (χ0) is 19.0. The molecule has 1 aliphatic rings. The van der Waals surface area contributed by atoms with Gasteiger partial charge in [-0.3, -0.25) is 14.2 Å². The van der Waals surface area contributed by atoms with Gasteiger partial charge < -0.3 is 5.32 Å². The molecule has 0 fully saturated rings. The van der Waals surface area contributed by atoms with Crippen LogP contribution in [0, 0.1) is 17.2 Å². The summed E-state index contributed by atoms with van der Waals surface area (Å²) in [4.78, 5) is 25.8. The molecular formula is C20H19N3O2S2. The fourth-order valence-corrected chi connectivity index (χ4v) is 5.88. The number of anilines is 1. The number of amides is 1. The van der Waals surface area contributed by atoms with E-state index in [1.165, 1.54) is 27.6 Å². The number of benzene rings is 1. The van der Waals surface area contributed by atoms with Crippen molar-refractivity contribution in [1.82, 2.24) is 4.57 Å². The second kappa shape index (κ2) is 7.29. The van der Waals surface area contributed by atoms with Crippen molar-refractivity contribution in [2.75, 3.05) is 5.32 Å². The second-order valence-corrected chi connectivity index (χ2v) is 9.05. The van der Waals surface area contributed by atoms with Crippen LogP contribution in [0.1, 0.15) is 35.8 Å². The van der Waals surface area contributed by atoms with Gasteiger partial charge in [0.2, 0.25) is 5.91 Å². The fraction of sp³-hybridized carbons (Fsp3) is 0.350. The Balaban J connectivity index is 1.50. The number of carbonyl (C=O) groups excluding carboxylic acids is 1. The molecule has 2 heterocycles. The molecule has 138 valence electrons. The van der Waals surface area contributed by atoms with E-state index < -0.39 is 0 Å². The number of para-hydroxylation sites is 1. The number of hydrogen-bond acceptors (Lipinski definition) is 5. The van der Waals surface area contributed by atoms with Crippen LogP contribution in [-0.2, 0) is 24.2 Å². The number of aromatic nitrogens is 1. The summed E-state index contributed by atoms with van der Waals surface area (Å²) in [5.74, 6) is 0.449. The molecule has 27 heavy (non-hydrogen) atoms. The van der Waals surface area contributed by atoms with E-state index in [1.54, 1.807) is 4.57 Å². The smallest absolute Gasteiger partial charge is 0.308 e. The van der Waals surface area contributed by atoms with Crippen molar-refractivity contribution in [1.29, 1.82) is 5.26 Å². The predicted octanol–water partition coefficient (Wildman–Crippen LogP) is 4.15. The molecule has 3 aromatic rings. The predicted molar refractivity (Wildman–Crippen MR) is 110 cm³/mol. The number of thiophene rings is 1. The Kier molecular flexibility index (Phi) is 4.85. The van der Waals surface area contributed by atoms with Crippen molar-refractivity contribution in [3.63, 3.8) is 0 Å². The van der Waals surface area contributed by atoms with Gasteiger partial charge in [0.25, 0.3) is 0 Å². The number of rotatable bonds is 4. The number of nitrogens with zero attached hydrogens (tertiary/aromatic N) is 2. The van der Waals surface area contributed by atoms with Crippen molar-refractivity contribution >= 4 is 43.8 Å². The summed E-state index contributed by atoms with van der Waals surface area (Å²) in [6, 6.07) is 9.87. The minimum absolute atomic E-state index is 0.0534. The van der Waals surface area contributed by atoms with E-state index in [1.807, 2.05) is 24.3 Å². The molecule has 0 radical (unpaired) electrons. The van der Waals surface area contributed by atoms with Crippen LogP contribution in [0.5, 0.6) is 0 Å². The molecule has 7 heteroatoms. The molecule has 1 N–H and O–H groups in total. The Morgan fingerprint density at radius 1 is 1.37 bits per heavy atom. The summed E-state index contributed by atoms with van der Waals surface area (Å²) < 4.78 is 2.57. The van der Waals surface area contributed by atoms with Crippen LogP contribution < -0.4 is 10.2 Å². The van der Waals surface area contributed by atoms with Crippen LogP contribution in [0.25, 0.3) is 10.2 Å². The first-order chi connectivity index (χ1) is 13.1. The monoisotopic (exact) mass is 397 g/mol. The molecule has 4 rings (SSSR count). The van der Waals surface area contributed by atoms with Gasteiger partial charge in [0, 0.05) is 17.8 Å². The Morgan fingerprint density at radius 2 is 2.19 bits per heavy atom. The Hall–Kier alpha value is -2.43. The number of carbonyl (C=O) groups is 1. The average molecular weight is 398 g/mol. The summed E-state index contributed by atoms with van der Waals surface area (Å²) in [6.07, 6.45) is 3.16. The third-order valence-corrected chi connectivity index (χ3v) is 7.14. The van der Waals surface area contributed by atoms with Gasteiger partial charge in [-0.05, 0) is 42.9 Å². The third-order valence-electron chi connectivity index (χ3n) is 5.01. The zero-order valence-electron chi connectivity index (χ0n) is 14.9. The lowest BCUT2D eigenvalue weighted by molar-refractivity contribution is -0.116. The van der Waals surface area contributed by atoms with Gasteiger partial charge in [-0.1, -0.05) is 30.4 Å². The SMILES string of the molecule is C[C@H]1CCc2c(sc(NC(=O)CCn3c(=O)sc4ccccc43)c2C#N)C1. The number of nitriles is 1. The molecule has 1 atom stereocenters. The normalized spacial score (nSPS) is 16.1. The molecule has 1 amide bonds. The Morgan fingerprint density at radius 3 is 3.00 bits per heavy atom. The number of hydrogen-bond donors (Lipinski definition) is 1. The van der Waals surface area contributed by atoms with Gasteiger partial charge in [0.05, 0.1) is 15.8 Å². The van der Waals surface area contributed by atoms with Gasteiger partial charge in [-0.25, -0.2) is 0 Å². The van der Waals surface area contributed by atoms with Gasteiger partial charge in [0.15, 0.2) is 0 Å². The van der Waals surface area contributed by atoms with Crippen LogP contribution in [0.3, 0.4) is 0 Å². The Bertz CT molecular complexity index is 1120. The maximum atomic E-state index is 12.5. The quantitative estimate of drug-likeness (QED) is 0.719. The molecule has 0 saturated heterocycles. The lowest BCUT2D eigenvalue weighted by Gasteiger charge is -2.17. The minimum atomic E-state index is -0.166. The molecule has 1 aromatic carbocycles. The molecule has 0 bridgehead atoms. The standard InChI is InChI=1S/C20H19N3O2S2/c1-12-6-7-13-14(11-21)19(26-17(13)10-12)22-18(24)8-9-23-15-4-2-3-5-16(15)27-20(23)25/h2-5,12H,6-10H2,1H3,(H,22,24)/t12-/m0/s1. The van der Waals surface area contributed by atoms with Crippen LogP contribution in [0.15, 0.2) is 29.1 Å². The van der Waals surface area contributed by atoms with E-state index in [0.717, 1.165) is 35.0 Å². The highest BCUT2D eigenvalue weighted by atomic mass is 32.1. The molecule has 2 aromatic heterocycles. The average Bonchev–Trinajstić information content (AvgIpc) is 3.15. The fourth-order valence-electron chi connectivity index (χ4n) is 3.59. The first kappa shape index (κ1) is 18.0. The van der Waals surface area contributed by atoms with Gasteiger partial charge in [-0.15, -0.1) is 11.3 Å². The van der Waals surface area contributed by atoms with E-state index in [9.17, 15) is 14.9 Å². The second-order valence-electron chi connectivity index (χ2n) is 6.95. The van der Waals surface area contributed by atoms with Crippen LogP contribution in [-0.4, -0.2) is 10.5 Å². The largest absolute Gasteiger partial charge is 0.317 e. The summed E-state index contributed by atoms with van der Waals surface area (Å²) >= 11 is 2.72. The maximum absolute atomic E-state index is 12.5. The van der Waals surface area contributed by atoms with E-state index in [4.69, 9.17) is 0 Å². The molecule has 0 aliphatic heterocycles. The van der Waals surface area contributed by atoms with Crippen molar-refractivity contribution in [3.05, 3.63) is 49.9 Å². The van der Waals surface area contributed by atoms with Crippen molar-refractivity contribution < 1.29 is 4.79 Å². The van der Waals surface area contributed by atoms with E-state index in [2.05, 4.69) is 18.3 Å². The van der Waals surface area contributed by atoms with Crippen molar-refractivity contribution in [2.24, 2.45) is 5.92 Å². The van der Waals surface area contributed by atoms with Gasteiger partial charge in [-0.2, -0.15) is 5.26 Å². The summed E-state index contributed by atoms with van der Waals surface area (Å²) in [7, 11) is 0. The van der Waals surface area contributed by atoms with Crippen LogP contribution in [0.2, 0.25) is 0 Å². The molecular weight excluding hydrogens is 378 g/mol. The number of nitrogens with one attached hydrogen (secondary N) is 1. The molecule has 0 saturated carbocycles. The summed E-state index contributed by atoms with van der Waals surface area (Å²) in [5, 5.41) is 13.1. The lowest BCUT2D eigenvalue weighted by atomic mass is 9.89. The van der Waals surface area contributed by atoms with E-state index in [0.29, 0.717) is 23.0 Å². The minimum Gasteiger partial charge on any atom is -0.317 e. The molecule has 0 unspecified atom stereocenters. The maximum Gasteiger partial charge on any atom is 0.308 e. The van der Waals surface area contributed by atoms with E-state index >= 15 is 0 Å². The van der Waals surface area contributed by atoms with Crippen molar-refractivity contribution in [2.45, 2.75) is 39.2 Å². The van der Waals surface area contributed by atoms with Crippen LogP contribution in [0.4, 0.5) is 5.00 Å². The third kappa shape index (κ3) is 3.43. The topological polar surface area (TPSA) is 74.9 Å². The Labute approximate surface area is 164 Å². The highest BCUT2D eigenvalue weighted by Crippen LogP contribution is 2.39. The highest BCUT2D eigenvalue weighted by molar-refractivity contribution is 7.17. The highest BCUT2D eigenvalue weighted by Gasteiger charge is 2.24. The van der Waals surface area contributed by atoms with Gasteiger partial charge in [0.1, 0.15) is 11.1 Å². The first-order valence-electron chi connectivity index (χ1n) is 8.99. The van der Waals surface area contributed by atoms with E-state index in [-0.39, 0.29) is 17.2 Å². The zero-order valence-corrected chi connectivity index (χ0v) is 16.6. The first-order valence-corrected chi connectivity index (χ1v) is 10.6. The molecule has 5 nitrogen and oxygen atoms in total. The van der Waals surface area contributed by atoms with Crippen molar-refractivity contribution in [3.8, 4) is 6.07 Å². The number of aryl methyl sites for hydroxylation is 1. The molecule has 0 spiro atoms. The van der Waals surface area contributed by atoms with Crippen LogP contribution >= 0.6 is 22.7 Å². The molecule has 1 aliphatic carbocycles. The number of fused-ring (bicyclic) bond motifs is 2. The summed E-state index contributed by atoms with van der Waals surface area (Å²) in [6.45, 7) is 2.55. The number of thiazole rings is 1. The lowest BCUT2D eigenvalue weighted by Crippen LogP contribution is -2.19. The summed E-state index contributed by atoms with van der Waals surface area (Å²) in [5.41, 5.74) is 2.59. The van der Waals surface area contributed by atoms with Gasteiger partial charge >= 0.3 is 4.87 Å².